The molecule has 5 heteroatoms. The lowest BCUT2D eigenvalue weighted by Crippen LogP contribution is -2.41. The number of amides is 1. The van der Waals surface area contributed by atoms with Crippen molar-refractivity contribution >= 4 is 17.6 Å². The highest BCUT2D eigenvalue weighted by molar-refractivity contribution is 6.04. The number of anilines is 1. The Labute approximate surface area is 153 Å². The van der Waals surface area contributed by atoms with Crippen molar-refractivity contribution < 1.29 is 19.4 Å². The first kappa shape index (κ1) is 18.0. The number of nitrogens with one attached hydrogen (secondary N) is 1. The molecular formula is C21H23NO4. The number of ether oxygens (including phenoxy) is 1. The fourth-order valence-electron chi connectivity index (χ4n) is 3.68. The van der Waals surface area contributed by atoms with Gasteiger partial charge in [0, 0.05) is 16.8 Å². The van der Waals surface area contributed by atoms with Crippen molar-refractivity contribution in [1.82, 2.24) is 0 Å². The summed E-state index contributed by atoms with van der Waals surface area (Å²) >= 11 is 0. The largest absolute Gasteiger partial charge is 0.488 e. The molecule has 5 nitrogen and oxygen atoms in total. The summed E-state index contributed by atoms with van der Waals surface area (Å²) in [7, 11) is 0. The summed E-state index contributed by atoms with van der Waals surface area (Å²) in [5.74, 6) is -0.423. The molecule has 0 aromatic heterocycles. The van der Waals surface area contributed by atoms with E-state index in [4.69, 9.17) is 9.84 Å². The van der Waals surface area contributed by atoms with Gasteiger partial charge in [0.2, 0.25) is 0 Å². The third-order valence-electron chi connectivity index (χ3n) is 4.61. The van der Waals surface area contributed by atoms with Crippen LogP contribution in [0.3, 0.4) is 0 Å². The molecule has 2 aromatic rings. The molecule has 0 atom stereocenters. The zero-order valence-corrected chi connectivity index (χ0v) is 15.4. The van der Waals surface area contributed by atoms with Crippen LogP contribution in [-0.2, 0) is 5.41 Å². The van der Waals surface area contributed by atoms with Crippen molar-refractivity contribution in [3.8, 4) is 5.75 Å². The number of hydrogen-bond acceptors (Lipinski definition) is 3. The average molecular weight is 353 g/mol. The SMILES string of the molecule is CC1(C)CC(C)(C)c2cc(C(=O)Nc3ccc(C(=O)O)cc3)ccc2O1. The van der Waals surface area contributed by atoms with E-state index in [1.807, 2.05) is 12.1 Å². The summed E-state index contributed by atoms with van der Waals surface area (Å²) in [6, 6.07) is 11.6. The Morgan fingerprint density at radius 1 is 1.00 bits per heavy atom. The zero-order valence-electron chi connectivity index (χ0n) is 15.4. The lowest BCUT2D eigenvalue weighted by molar-refractivity contribution is 0.0533. The third kappa shape index (κ3) is 3.57. The van der Waals surface area contributed by atoms with E-state index in [1.165, 1.54) is 12.1 Å². The molecular weight excluding hydrogens is 330 g/mol. The smallest absolute Gasteiger partial charge is 0.335 e. The first-order chi connectivity index (χ1) is 12.1. The van der Waals surface area contributed by atoms with E-state index in [0.717, 1.165) is 17.7 Å². The van der Waals surface area contributed by atoms with Crippen LogP contribution in [0.15, 0.2) is 42.5 Å². The van der Waals surface area contributed by atoms with Crippen LogP contribution >= 0.6 is 0 Å². The van der Waals surface area contributed by atoms with Crippen molar-refractivity contribution in [3.05, 3.63) is 59.2 Å². The van der Waals surface area contributed by atoms with E-state index >= 15 is 0 Å². The molecule has 0 unspecified atom stereocenters. The summed E-state index contributed by atoms with van der Waals surface area (Å²) in [5.41, 5.74) is 1.95. The lowest BCUT2D eigenvalue weighted by atomic mass is 9.73. The molecule has 0 fully saturated rings. The minimum absolute atomic E-state index is 0.101. The van der Waals surface area contributed by atoms with Gasteiger partial charge in [-0.1, -0.05) is 13.8 Å². The molecule has 3 rings (SSSR count). The molecule has 1 heterocycles. The molecule has 0 saturated heterocycles. The highest BCUT2D eigenvalue weighted by atomic mass is 16.5. The molecule has 1 aliphatic heterocycles. The van der Waals surface area contributed by atoms with Crippen molar-refractivity contribution in [1.29, 1.82) is 0 Å². The van der Waals surface area contributed by atoms with Gasteiger partial charge >= 0.3 is 5.97 Å². The number of carboxylic acids is 1. The van der Waals surface area contributed by atoms with Crippen LogP contribution in [0.1, 0.15) is 60.4 Å². The number of fused-ring (bicyclic) bond motifs is 1. The standard InChI is InChI=1S/C21H23NO4/c1-20(2)12-21(3,4)26-17-10-7-14(11-16(17)20)18(23)22-15-8-5-13(6-9-15)19(24)25/h5-11H,12H2,1-4H3,(H,22,23)(H,24,25). The molecule has 2 aromatic carbocycles. The average Bonchev–Trinajstić information content (AvgIpc) is 2.53. The van der Waals surface area contributed by atoms with Gasteiger partial charge in [-0.15, -0.1) is 0 Å². The second-order valence-electron chi connectivity index (χ2n) is 7.97. The van der Waals surface area contributed by atoms with E-state index in [2.05, 4.69) is 33.0 Å². The summed E-state index contributed by atoms with van der Waals surface area (Å²) in [5, 5.41) is 11.7. The van der Waals surface area contributed by atoms with Gasteiger partial charge < -0.3 is 15.2 Å². The maximum atomic E-state index is 12.6. The fourth-order valence-corrected chi connectivity index (χ4v) is 3.68. The first-order valence-electron chi connectivity index (χ1n) is 8.56. The number of hydrogen-bond donors (Lipinski definition) is 2. The van der Waals surface area contributed by atoms with E-state index in [1.54, 1.807) is 18.2 Å². The number of carboxylic acid groups (broad SMARTS) is 1. The van der Waals surface area contributed by atoms with Crippen LogP contribution in [0.4, 0.5) is 5.69 Å². The zero-order chi connectivity index (χ0) is 19.1. The Morgan fingerprint density at radius 2 is 1.62 bits per heavy atom. The van der Waals surface area contributed by atoms with Crippen molar-refractivity contribution in [2.75, 3.05) is 5.32 Å². The van der Waals surface area contributed by atoms with Gasteiger partial charge in [0.25, 0.3) is 5.91 Å². The number of benzene rings is 2. The predicted octanol–water partition coefficient (Wildman–Crippen LogP) is 4.48. The van der Waals surface area contributed by atoms with Gasteiger partial charge in [0.05, 0.1) is 5.56 Å². The van der Waals surface area contributed by atoms with Crippen LogP contribution in [0, 0.1) is 0 Å². The summed E-state index contributed by atoms with van der Waals surface area (Å²) in [6.07, 6.45) is 0.856. The molecule has 1 amide bonds. The second-order valence-corrected chi connectivity index (χ2v) is 7.97. The number of rotatable bonds is 3. The number of carbonyl (C=O) groups excluding carboxylic acids is 1. The molecule has 0 aliphatic carbocycles. The van der Waals surface area contributed by atoms with Gasteiger partial charge in [0.15, 0.2) is 0 Å². The quantitative estimate of drug-likeness (QED) is 0.853. The van der Waals surface area contributed by atoms with E-state index in [-0.39, 0.29) is 22.5 Å². The molecule has 2 N–H and O–H groups in total. The van der Waals surface area contributed by atoms with Crippen molar-refractivity contribution in [3.63, 3.8) is 0 Å². The monoisotopic (exact) mass is 353 g/mol. The van der Waals surface area contributed by atoms with E-state index in [9.17, 15) is 9.59 Å². The van der Waals surface area contributed by atoms with Crippen LogP contribution in [-0.4, -0.2) is 22.6 Å². The lowest BCUT2D eigenvalue weighted by Gasteiger charge is -2.42. The van der Waals surface area contributed by atoms with E-state index in [0.29, 0.717) is 11.3 Å². The maximum Gasteiger partial charge on any atom is 0.335 e. The minimum Gasteiger partial charge on any atom is -0.488 e. The molecule has 0 radical (unpaired) electrons. The van der Waals surface area contributed by atoms with Crippen LogP contribution < -0.4 is 10.1 Å². The summed E-state index contributed by atoms with van der Waals surface area (Å²) in [6.45, 7) is 8.45. The highest BCUT2D eigenvalue weighted by Crippen LogP contribution is 2.44. The fraction of sp³-hybridized carbons (Fsp3) is 0.333. The Bertz CT molecular complexity index is 866. The van der Waals surface area contributed by atoms with Gasteiger partial charge in [-0.3, -0.25) is 4.79 Å². The third-order valence-corrected chi connectivity index (χ3v) is 4.61. The maximum absolute atomic E-state index is 12.6. The normalized spacial score (nSPS) is 16.9. The topological polar surface area (TPSA) is 75.6 Å². The van der Waals surface area contributed by atoms with Crippen LogP contribution in [0.25, 0.3) is 0 Å². The van der Waals surface area contributed by atoms with Gasteiger partial charge in [-0.25, -0.2) is 4.79 Å². The van der Waals surface area contributed by atoms with Crippen molar-refractivity contribution in [2.24, 2.45) is 0 Å². The van der Waals surface area contributed by atoms with Crippen LogP contribution in [0.2, 0.25) is 0 Å². The summed E-state index contributed by atoms with van der Waals surface area (Å²) < 4.78 is 6.06. The Kier molecular flexibility index (Phi) is 4.26. The predicted molar refractivity (Wildman–Crippen MR) is 100 cm³/mol. The second kappa shape index (κ2) is 6.16. The van der Waals surface area contributed by atoms with Gasteiger partial charge in [-0.05, 0) is 68.1 Å². The minimum atomic E-state index is -0.997. The molecule has 0 saturated carbocycles. The van der Waals surface area contributed by atoms with Gasteiger partial charge in [-0.2, -0.15) is 0 Å². The Hall–Kier alpha value is -2.82. The number of carbonyl (C=O) groups is 2. The first-order valence-corrected chi connectivity index (χ1v) is 8.56. The summed E-state index contributed by atoms with van der Waals surface area (Å²) in [4.78, 5) is 23.5. The molecule has 26 heavy (non-hydrogen) atoms. The molecule has 136 valence electrons. The molecule has 1 aliphatic rings. The van der Waals surface area contributed by atoms with Crippen molar-refractivity contribution in [2.45, 2.75) is 45.1 Å². The molecule has 0 bridgehead atoms. The molecule has 0 spiro atoms. The Morgan fingerprint density at radius 3 is 2.23 bits per heavy atom. The number of aromatic carboxylic acids is 1. The Balaban J connectivity index is 1.84. The van der Waals surface area contributed by atoms with E-state index < -0.39 is 5.97 Å². The van der Waals surface area contributed by atoms with Gasteiger partial charge in [0.1, 0.15) is 11.4 Å². The highest BCUT2D eigenvalue weighted by Gasteiger charge is 2.39. The van der Waals surface area contributed by atoms with Crippen LogP contribution in [0.5, 0.6) is 5.75 Å².